The average Bonchev–Trinajstić information content (AvgIpc) is 3.20. The summed E-state index contributed by atoms with van der Waals surface area (Å²) in [5.74, 6) is -0.462. The lowest BCUT2D eigenvalue weighted by Crippen LogP contribution is -2.29. The van der Waals surface area contributed by atoms with Crippen LogP contribution >= 0.6 is 22.7 Å². The summed E-state index contributed by atoms with van der Waals surface area (Å²) in [6.45, 7) is 4.94. The number of amides is 1. The predicted molar refractivity (Wildman–Crippen MR) is 106 cm³/mol. The molecule has 0 unspecified atom stereocenters. The van der Waals surface area contributed by atoms with Crippen molar-refractivity contribution < 1.29 is 9.18 Å². The number of thiophene rings is 1. The Hall–Kier alpha value is -1.83. The topological polar surface area (TPSA) is 45.2 Å². The number of fused-ring (bicyclic) bond motifs is 1. The highest BCUT2D eigenvalue weighted by Crippen LogP contribution is 2.32. The van der Waals surface area contributed by atoms with Crippen molar-refractivity contribution in [1.29, 1.82) is 0 Å². The van der Waals surface area contributed by atoms with Gasteiger partial charge in [-0.3, -0.25) is 15.0 Å². The van der Waals surface area contributed by atoms with Crippen LogP contribution in [0.1, 0.15) is 40.2 Å². The van der Waals surface area contributed by atoms with Crippen LogP contribution in [-0.2, 0) is 6.54 Å². The Balaban J connectivity index is 1.47. The minimum atomic E-state index is -0.285. The SMILES string of the molecule is Cc1c(C(=O)Nc2nc(CN3CCCCC3)cs2)sc2ccc(F)cc12. The largest absolute Gasteiger partial charge is 0.297 e. The van der Waals surface area contributed by atoms with Crippen LogP contribution in [0, 0.1) is 12.7 Å². The monoisotopic (exact) mass is 389 g/mol. The summed E-state index contributed by atoms with van der Waals surface area (Å²) >= 11 is 2.84. The molecule has 26 heavy (non-hydrogen) atoms. The summed E-state index contributed by atoms with van der Waals surface area (Å²) in [5.41, 5.74) is 1.81. The van der Waals surface area contributed by atoms with E-state index in [0.29, 0.717) is 10.0 Å². The van der Waals surface area contributed by atoms with E-state index in [1.54, 1.807) is 6.07 Å². The molecule has 7 heteroatoms. The number of likely N-dealkylation sites (tertiary alicyclic amines) is 1. The summed E-state index contributed by atoms with van der Waals surface area (Å²) in [5, 5.41) is 6.32. The molecule has 0 bridgehead atoms. The van der Waals surface area contributed by atoms with Crippen molar-refractivity contribution >= 4 is 43.8 Å². The minimum Gasteiger partial charge on any atom is -0.297 e. The molecule has 3 aromatic rings. The summed E-state index contributed by atoms with van der Waals surface area (Å²) in [7, 11) is 0. The smallest absolute Gasteiger partial charge is 0.267 e. The van der Waals surface area contributed by atoms with Gasteiger partial charge in [0.15, 0.2) is 5.13 Å². The number of benzene rings is 1. The van der Waals surface area contributed by atoms with Crippen molar-refractivity contribution in [3.05, 3.63) is 45.5 Å². The molecule has 0 aliphatic carbocycles. The van der Waals surface area contributed by atoms with Gasteiger partial charge in [0.1, 0.15) is 5.82 Å². The molecule has 1 fully saturated rings. The Morgan fingerprint density at radius 2 is 2.12 bits per heavy atom. The van der Waals surface area contributed by atoms with Gasteiger partial charge in [-0.05, 0) is 62.0 Å². The molecule has 1 aliphatic rings. The number of piperidine rings is 1. The quantitative estimate of drug-likeness (QED) is 0.680. The zero-order valence-electron chi connectivity index (χ0n) is 14.5. The third-order valence-electron chi connectivity index (χ3n) is 4.71. The number of carbonyl (C=O) groups excluding carboxylic acids is 1. The van der Waals surface area contributed by atoms with Crippen molar-refractivity contribution in [3.8, 4) is 0 Å². The minimum absolute atomic E-state index is 0.178. The first-order valence-corrected chi connectivity index (χ1v) is 10.5. The molecule has 136 valence electrons. The van der Waals surface area contributed by atoms with Gasteiger partial charge in [-0.15, -0.1) is 22.7 Å². The Morgan fingerprint density at radius 1 is 1.31 bits per heavy atom. The first kappa shape index (κ1) is 17.6. The molecule has 0 saturated carbocycles. The van der Waals surface area contributed by atoms with Crippen LogP contribution in [0.4, 0.5) is 9.52 Å². The number of nitrogens with zero attached hydrogens (tertiary/aromatic N) is 2. The first-order chi connectivity index (χ1) is 12.6. The second kappa shape index (κ2) is 7.42. The van der Waals surface area contributed by atoms with Crippen LogP contribution in [0.15, 0.2) is 23.6 Å². The summed E-state index contributed by atoms with van der Waals surface area (Å²) in [6.07, 6.45) is 3.81. The average molecular weight is 390 g/mol. The van der Waals surface area contributed by atoms with Gasteiger partial charge in [-0.1, -0.05) is 6.42 Å². The number of aromatic nitrogens is 1. The van der Waals surface area contributed by atoms with Gasteiger partial charge in [-0.2, -0.15) is 0 Å². The zero-order chi connectivity index (χ0) is 18.1. The highest BCUT2D eigenvalue weighted by molar-refractivity contribution is 7.21. The fourth-order valence-corrected chi connectivity index (χ4v) is 5.13. The molecule has 0 atom stereocenters. The van der Waals surface area contributed by atoms with Gasteiger partial charge in [0.05, 0.1) is 10.6 Å². The summed E-state index contributed by atoms with van der Waals surface area (Å²) in [4.78, 5) is 20.2. The lowest BCUT2D eigenvalue weighted by atomic mass is 10.1. The van der Waals surface area contributed by atoms with E-state index in [9.17, 15) is 9.18 Å². The van der Waals surface area contributed by atoms with E-state index >= 15 is 0 Å². The molecular weight excluding hydrogens is 369 g/mol. The molecule has 0 spiro atoms. The van der Waals surface area contributed by atoms with E-state index in [2.05, 4.69) is 15.2 Å². The molecule has 0 radical (unpaired) electrons. The number of anilines is 1. The molecule has 1 saturated heterocycles. The number of nitrogens with one attached hydrogen (secondary N) is 1. The zero-order valence-corrected chi connectivity index (χ0v) is 16.2. The Kier molecular flexibility index (Phi) is 5.02. The molecule has 4 nitrogen and oxygen atoms in total. The van der Waals surface area contributed by atoms with Crippen LogP contribution in [-0.4, -0.2) is 28.9 Å². The molecule has 1 aromatic carbocycles. The maximum Gasteiger partial charge on any atom is 0.267 e. The maximum atomic E-state index is 13.5. The van der Waals surface area contributed by atoms with Crippen LogP contribution in [0.2, 0.25) is 0 Å². The number of hydrogen-bond acceptors (Lipinski definition) is 5. The highest BCUT2D eigenvalue weighted by atomic mass is 32.1. The van der Waals surface area contributed by atoms with Crippen molar-refractivity contribution in [3.63, 3.8) is 0 Å². The van der Waals surface area contributed by atoms with Crippen molar-refractivity contribution in [1.82, 2.24) is 9.88 Å². The number of aryl methyl sites for hydroxylation is 1. The molecule has 1 N–H and O–H groups in total. The maximum absolute atomic E-state index is 13.5. The van der Waals surface area contributed by atoms with E-state index in [-0.39, 0.29) is 11.7 Å². The van der Waals surface area contributed by atoms with Crippen LogP contribution in [0.3, 0.4) is 0 Å². The standard InChI is InChI=1S/C19H20FN3OS2/c1-12-15-9-13(20)5-6-16(15)26-17(12)18(24)22-19-21-14(11-25-19)10-23-7-3-2-4-8-23/h5-6,9,11H,2-4,7-8,10H2,1H3,(H,21,22,24). The predicted octanol–water partition coefficient (Wildman–Crippen LogP) is 5.04. The fourth-order valence-electron chi connectivity index (χ4n) is 3.35. The summed E-state index contributed by atoms with van der Waals surface area (Å²) < 4.78 is 14.4. The van der Waals surface area contributed by atoms with E-state index in [0.717, 1.165) is 41.0 Å². The lowest BCUT2D eigenvalue weighted by molar-refractivity contribution is 0.103. The second-order valence-corrected chi connectivity index (χ2v) is 8.54. The molecular formula is C19H20FN3OS2. The molecule has 4 rings (SSSR count). The molecule has 1 amide bonds. The number of rotatable bonds is 4. The van der Waals surface area contributed by atoms with Crippen LogP contribution < -0.4 is 5.32 Å². The van der Waals surface area contributed by atoms with Crippen molar-refractivity contribution in [2.75, 3.05) is 18.4 Å². The van der Waals surface area contributed by atoms with Crippen molar-refractivity contribution in [2.24, 2.45) is 0 Å². The number of carbonyl (C=O) groups is 1. The Labute approximate surface area is 159 Å². The third kappa shape index (κ3) is 3.65. The molecule has 3 heterocycles. The Bertz CT molecular complexity index is 944. The fraction of sp³-hybridized carbons (Fsp3) is 0.368. The van der Waals surface area contributed by atoms with Gasteiger partial charge in [0.2, 0.25) is 0 Å². The van der Waals surface area contributed by atoms with Gasteiger partial charge in [-0.25, -0.2) is 9.37 Å². The van der Waals surface area contributed by atoms with E-state index < -0.39 is 0 Å². The molecule has 2 aromatic heterocycles. The van der Waals surface area contributed by atoms with Crippen LogP contribution in [0.25, 0.3) is 10.1 Å². The number of halogens is 1. The normalized spacial score (nSPS) is 15.5. The third-order valence-corrected chi connectivity index (χ3v) is 6.79. The van der Waals surface area contributed by atoms with E-state index in [1.807, 2.05) is 12.3 Å². The van der Waals surface area contributed by atoms with Gasteiger partial charge in [0.25, 0.3) is 5.91 Å². The van der Waals surface area contributed by atoms with Gasteiger partial charge in [0, 0.05) is 16.6 Å². The number of thiazole rings is 1. The lowest BCUT2D eigenvalue weighted by Gasteiger charge is -2.25. The molecule has 1 aliphatic heterocycles. The summed E-state index contributed by atoms with van der Waals surface area (Å²) in [6, 6.07) is 4.63. The Morgan fingerprint density at radius 3 is 2.92 bits per heavy atom. The highest BCUT2D eigenvalue weighted by Gasteiger charge is 2.18. The van der Waals surface area contributed by atoms with E-state index in [4.69, 9.17) is 0 Å². The van der Waals surface area contributed by atoms with E-state index in [1.165, 1.54) is 54.1 Å². The second-order valence-electron chi connectivity index (χ2n) is 6.63. The van der Waals surface area contributed by atoms with Gasteiger partial charge >= 0.3 is 0 Å². The number of hydrogen-bond donors (Lipinski definition) is 1. The first-order valence-electron chi connectivity index (χ1n) is 8.77. The van der Waals surface area contributed by atoms with Crippen LogP contribution in [0.5, 0.6) is 0 Å². The van der Waals surface area contributed by atoms with Gasteiger partial charge < -0.3 is 0 Å². The van der Waals surface area contributed by atoms with Crippen molar-refractivity contribution in [2.45, 2.75) is 32.7 Å².